The summed E-state index contributed by atoms with van der Waals surface area (Å²) < 4.78 is 18.8. The average molecular weight is 697 g/mol. The van der Waals surface area contributed by atoms with E-state index < -0.39 is 48.8 Å². The van der Waals surface area contributed by atoms with Crippen LogP contribution in [0.25, 0.3) is 0 Å². The summed E-state index contributed by atoms with van der Waals surface area (Å²) in [6, 6.07) is 0. The first kappa shape index (κ1) is 51.4. The van der Waals surface area contributed by atoms with E-state index in [-0.39, 0.29) is 38.4 Å². The molecule has 0 aliphatic rings. The molecule has 282 valence electrons. The molecule has 0 amide bonds. The van der Waals surface area contributed by atoms with Crippen LogP contribution in [0.3, 0.4) is 0 Å². The number of Topliss-reactive ketones (excluding diaryl/α,β-unsaturated/α-hetero) is 2. The van der Waals surface area contributed by atoms with Crippen LogP contribution in [0.1, 0.15) is 125 Å². The molecule has 0 saturated heterocycles. The Morgan fingerprint density at radius 3 is 1.12 bits per heavy atom. The number of unbranched alkanes of at least 4 members (excludes halogenated alkanes) is 4. The molecule has 0 unspecified atom stereocenters. The summed E-state index contributed by atoms with van der Waals surface area (Å²) in [5.41, 5.74) is 0. The van der Waals surface area contributed by atoms with E-state index >= 15 is 0 Å². The van der Waals surface area contributed by atoms with Crippen molar-refractivity contribution in [1.82, 2.24) is 0 Å². The Labute approximate surface area is 284 Å². The second kappa shape index (κ2) is 39.7. The predicted octanol–water partition coefficient (Wildman–Crippen LogP) is 3.25. The van der Waals surface area contributed by atoms with Crippen LogP contribution < -0.4 is 0 Å². The number of hydrogen-bond acceptors (Lipinski definition) is 14. The molecule has 0 aromatic rings. The van der Waals surface area contributed by atoms with Gasteiger partial charge >= 0.3 is 29.8 Å². The monoisotopic (exact) mass is 696 g/mol. The van der Waals surface area contributed by atoms with Gasteiger partial charge in [0.2, 0.25) is 5.78 Å². The molecule has 0 aliphatic heterocycles. The van der Waals surface area contributed by atoms with Crippen LogP contribution >= 0.6 is 0 Å². The molecule has 0 aliphatic carbocycles. The first-order valence-electron chi connectivity index (χ1n) is 16.5. The number of carbonyl (C=O) groups is 7. The molecule has 0 bridgehead atoms. The fourth-order valence-corrected chi connectivity index (χ4v) is 2.82. The Morgan fingerprint density at radius 2 is 0.833 bits per heavy atom. The number of rotatable bonds is 24. The Bertz CT molecular complexity index is 806. The van der Waals surface area contributed by atoms with Gasteiger partial charge in [-0.1, -0.05) is 60.3 Å². The van der Waals surface area contributed by atoms with Crippen molar-refractivity contribution in [3.63, 3.8) is 0 Å². The van der Waals surface area contributed by atoms with Gasteiger partial charge in [0.05, 0.1) is 0 Å². The number of hydrogen-bond donors (Lipinski definition) is 4. The first-order chi connectivity index (χ1) is 22.8. The lowest BCUT2D eigenvalue weighted by atomic mass is 10.1. The first-order valence-corrected chi connectivity index (χ1v) is 16.5. The molecule has 0 aromatic carbocycles. The Balaban J connectivity index is -0.000000285. The van der Waals surface area contributed by atoms with Gasteiger partial charge in [0.25, 0.3) is 0 Å². The summed E-state index contributed by atoms with van der Waals surface area (Å²) >= 11 is 0. The molecule has 0 fully saturated rings. The molecule has 0 atom stereocenters. The highest BCUT2D eigenvalue weighted by atomic mass is 16.6. The number of aliphatic hydroxyl groups is 3. The third kappa shape index (κ3) is 47.0. The van der Waals surface area contributed by atoms with Crippen LogP contribution in [-0.2, 0) is 52.5 Å². The Kier molecular flexibility index (Phi) is 42.6. The number of esters is 4. The largest absolute Gasteiger partial charge is 0.481 e. The van der Waals surface area contributed by atoms with Gasteiger partial charge in [-0.3, -0.25) is 33.6 Å². The van der Waals surface area contributed by atoms with Gasteiger partial charge in [0, 0.05) is 32.1 Å². The van der Waals surface area contributed by atoms with E-state index in [4.69, 9.17) is 24.8 Å². The lowest BCUT2D eigenvalue weighted by Crippen LogP contribution is -2.25. The fourth-order valence-electron chi connectivity index (χ4n) is 2.82. The molecule has 0 radical (unpaired) electrons. The molecule has 0 heterocycles. The SMILES string of the molecule is CCCC(=O)OCC(=O)COC(=O)CCC.CCCC(=O)OCC(O)COC(=O)CCC.CCCCCCCC(=O)O.O=C(CO)CO. The third-order valence-corrected chi connectivity index (χ3v) is 5.33. The van der Waals surface area contributed by atoms with Crippen molar-refractivity contribution in [2.45, 2.75) is 131 Å². The highest BCUT2D eigenvalue weighted by molar-refractivity contribution is 5.85. The maximum absolute atomic E-state index is 11.1. The molecule has 48 heavy (non-hydrogen) atoms. The van der Waals surface area contributed by atoms with Crippen molar-refractivity contribution >= 4 is 41.4 Å². The van der Waals surface area contributed by atoms with Crippen molar-refractivity contribution in [3.8, 4) is 0 Å². The van der Waals surface area contributed by atoms with E-state index in [0.717, 1.165) is 12.8 Å². The van der Waals surface area contributed by atoms with Gasteiger partial charge < -0.3 is 39.4 Å². The van der Waals surface area contributed by atoms with Crippen LogP contribution in [0.2, 0.25) is 0 Å². The van der Waals surface area contributed by atoms with Crippen LogP contribution in [0.15, 0.2) is 0 Å². The number of carbonyl (C=O) groups excluding carboxylic acids is 6. The highest BCUT2D eigenvalue weighted by Gasteiger charge is 2.11. The standard InChI is InChI=1S/C11H20O5.C11H18O5.C8H16O2.C3H6O3/c2*1-3-5-10(13)15-7-9(12)8-16-11(14)6-4-2;1-2-3-4-5-6-7-8(9)10;4-1-3(6)2-5/h9,12H,3-8H2,1-2H3;3-8H2,1-2H3;2-7H2,1H3,(H,9,10);4-5H,1-2H2. The second-order valence-electron chi connectivity index (χ2n) is 10.3. The van der Waals surface area contributed by atoms with E-state index in [1.54, 1.807) is 0 Å². The molecule has 15 heteroatoms. The van der Waals surface area contributed by atoms with Crippen LogP contribution in [-0.4, -0.2) is 108 Å². The number of ether oxygens (including phenoxy) is 4. The van der Waals surface area contributed by atoms with E-state index in [9.17, 15) is 38.7 Å². The zero-order valence-electron chi connectivity index (χ0n) is 29.5. The van der Waals surface area contributed by atoms with Crippen LogP contribution in [0.5, 0.6) is 0 Å². The molecule has 15 nitrogen and oxygen atoms in total. The summed E-state index contributed by atoms with van der Waals surface area (Å²) in [6.45, 7) is 7.55. The lowest BCUT2D eigenvalue weighted by molar-refractivity contribution is -0.153. The van der Waals surface area contributed by atoms with Gasteiger partial charge in [-0.15, -0.1) is 0 Å². The minimum absolute atomic E-state index is 0.127. The topological polar surface area (TPSA) is 237 Å². The van der Waals surface area contributed by atoms with E-state index in [1.807, 2.05) is 27.7 Å². The number of carboxylic acid groups (broad SMARTS) is 1. The minimum Gasteiger partial charge on any atom is -0.481 e. The minimum atomic E-state index is -0.943. The zero-order valence-corrected chi connectivity index (χ0v) is 29.5. The zero-order chi connectivity index (χ0) is 37.6. The Morgan fingerprint density at radius 1 is 0.479 bits per heavy atom. The summed E-state index contributed by atoms with van der Waals surface area (Å²) in [5, 5.41) is 33.2. The highest BCUT2D eigenvalue weighted by Crippen LogP contribution is 2.04. The van der Waals surface area contributed by atoms with Crippen LogP contribution in [0.4, 0.5) is 0 Å². The van der Waals surface area contributed by atoms with Crippen LogP contribution in [0, 0.1) is 0 Å². The molecule has 0 saturated carbocycles. The fraction of sp³-hybridized carbons (Fsp3) is 0.788. The summed E-state index contributed by atoms with van der Waals surface area (Å²) in [4.78, 5) is 74.5. The van der Waals surface area contributed by atoms with E-state index in [0.29, 0.717) is 57.8 Å². The lowest BCUT2D eigenvalue weighted by Gasteiger charge is -2.11. The summed E-state index contributed by atoms with van der Waals surface area (Å²) in [7, 11) is 0. The van der Waals surface area contributed by atoms with Gasteiger partial charge in [-0.05, 0) is 32.1 Å². The van der Waals surface area contributed by atoms with Crippen molar-refractivity contribution in [2.24, 2.45) is 0 Å². The van der Waals surface area contributed by atoms with E-state index in [1.165, 1.54) is 19.3 Å². The van der Waals surface area contributed by atoms with Gasteiger partial charge in [-0.2, -0.15) is 0 Å². The smallest absolute Gasteiger partial charge is 0.306 e. The predicted molar refractivity (Wildman–Crippen MR) is 175 cm³/mol. The quantitative estimate of drug-likeness (QED) is 0.0644. The molecule has 4 N–H and O–H groups in total. The van der Waals surface area contributed by atoms with Crippen molar-refractivity contribution in [3.05, 3.63) is 0 Å². The number of aliphatic hydroxyl groups excluding tert-OH is 3. The summed E-state index contributed by atoms with van der Waals surface area (Å²) in [5.74, 6) is -3.13. The molecule has 0 spiro atoms. The molecule has 0 aromatic heterocycles. The average Bonchev–Trinajstić information content (AvgIpc) is 3.05. The normalized spacial score (nSPS) is 9.69. The van der Waals surface area contributed by atoms with E-state index in [2.05, 4.69) is 16.4 Å². The third-order valence-electron chi connectivity index (χ3n) is 5.33. The summed E-state index contributed by atoms with van der Waals surface area (Å²) in [6.07, 6.45) is 8.98. The molecular weight excluding hydrogens is 636 g/mol. The molecular formula is C33H60O15. The second-order valence-corrected chi connectivity index (χ2v) is 10.3. The van der Waals surface area contributed by atoms with Crippen molar-refractivity contribution in [2.75, 3.05) is 39.6 Å². The van der Waals surface area contributed by atoms with Crippen molar-refractivity contribution < 1.29 is 72.9 Å². The maximum Gasteiger partial charge on any atom is 0.306 e. The molecule has 0 rings (SSSR count). The van der Waals surface area contributed by atoms with Gasteiger partial charge in [0.1, 0.15) is 32.5 Å². The van der Waals surface area contributed by atoms with Crippen molar-refractivity contribution in [1.29, 1.82) is 0 Å². The number of ketones is 2. The van der Waals surface area contributed by atoms with Gasteiger partial charge in [-0.25, -0.2) is 0 Å². The van der Waals surface area contributed by atoms with Gasteiger partial charge in [0.15, 0.2) is 19.0 Å². The number of aliphatic carboxylic acids is 1. The maximum atomic E-state index is 11.1. The Hall–Kier alpha value is -3.43. The number of carboxylic acids is 1.